The van der Waals surface area contributed by atoms with Gasteiger partial charge in [0, 0.05) is 25.2 Å². The zero-order valence-corrected chi connectivity index (χ0v) is 12.5. The van der Waals surface area contributed by atoms with Crippen LogP contribution in [0.1, 0.15) is 17.5 Å². The van der Waals surface area contributed by atoms with Crippen LogP contribution in [-0.2, 0) is 13.0 Å². The summed E-state index contributed by atoms with van der Waals surface area (Å²) in [5.41, 5.74) is 3.63. The molecule has 0 saturated carbocycles. The van der Waals surface area contributed by atoms with Gasteiger partial charge in [-0.1, -0.05) is 24.3 Å². The van der Waals surface area contributed by atoms with E-state index in [-0.39, 0.29) is 10.6 Å². The van der Waals surface area contributed by atoms with Gasteiger partial charge >= 0.3 is 0 Å². The summed E-state index contributed by atoms with van der Waals surface area (Å²) < 4.78 is 5.50. The Kier molecular flexibility index (Phi) is 3.96. The van der Waals surface area contributed by atoms with Crippen LogP contribution in [-0.4, -0.2) is 18.6 Å². The number of aryl methyl sites for hydroxylation is 1. The van der Waals surface area contributed by atoms with Gasteiger partial charge in [0.15, 0.2) is 0 Å². The summed E-state index contributed by atoms with van der Waals surface area (Å²) in [5.74, 6) is 0.888. The number of rotatable bonds is 4. The Morgan fingerprint density at radius 3 is 2.68 bits per heavy atom. The minimum absolute atomic E-state index is 0.125. The molecule has 0 aromatic heterocycles. The molecule has 0 saturated heterocycles. The maximum Gasteiger partial charge on any atom is 0.269 e. The Hall–Kier alpha value is -2.56. The van der Waals surface area contributed by atoms with E-state index < -0.39 is 0 Å². The molecule has 0 spiro atoms. The molecule has 2 aromatic carbocycles. The predicted molar refractivity (Wildman–Crippen MR) is 85.5 cm³/mol. The molecule has 5 heteroatoms. The van der Waals surface area contributed by atoms with Crippen molar-refractivity contribution in [3.63, 3.8) is 0 Å². The van der Waals surface area contributed by atoms with Crippen molar-refractivity contribution >= 4 is 11.4 Å². The van der Waals surface area contributed by atoms with Gasteiger partial charge in [-0.15, -0.1) is 0 Å². The topological polar surface area (TPSA) is 55.6 Å². The molecule has 0 atom stereocenters. The molecular weight excluding hydrogens is 280 g/mol. The Labute approximate surface area is 129 Å². The number of methoxy groups -OCH3 is 1. The molecule has 0 fully saturated rings. The number of non-ortho nitro benzene ring substituents is 1. The molecule has 114 valence electrons. The lowest BCUT2D eigenvalue weighted by atomic mass is 10.00. The van der Waals surface area contributed by atoms with E-state index in [9.17, 15) is 10.1 Å². The van der Waals surface area contributed by atoms with Crippen molar-refractivity contribution in [1.29, 1.82) is 0 Å². The third-order valence-corrected chi connectivity index (χ3v) is 4.01. The molecule has 0 N–H and O–H groups in total. The highest BCUT2D eigenvalue weighted by atomic mass is 16.6. The van der Waals surface area contributed by atoms with Gasteiger partial charge in [-0.2, -0.15) is 0 Å². The summed E-state index contributed by atoms with van der Waals surface area (Å²) in [6.45, 7) is 1.69. The normalized spacial score (nSPS) is 13.6. The lowest BCUT2D eigenvalue weighted by Crippen LogP contribution is -2.29. The zero-order valence-electron chi connectivity index (χ0n) is 12.5. The van der Waals surface area contributed by atoms with Gasteiger partial charge in [0.2, 0.25) is 0 Å². The van der Waals surface area contributed by atoms with Crippen molar-refractivity contribution in [2.75, 3.05) is 18.6 Å². The first-order valence-corrected chi connectivity index (χ1v) is 7.33. The van der Waals surface area contributed by atoms with E-state index in [1.165, 1.54) is 5.56 Å². The number of hydrogen-bond acceptors (Lipinski definition) is 4. The number of fused-ring (bicyclic) bond motifs is 1. The van der Waals surface area contributed by atoms with E-state index in [0.717, 1.165) is 42.9 Å². The van der Waals surface area contributed by atoms with Gasteiger partial charge < -0.3 is 9.64 Å². The quantitative estimate of drug-likeness (QED) is 0.640. The molecule has 0 radical (unpaired) electrons. The molecule has 1 aliphatic rings. The number of ether oxygens (including phenoxy) is 1. The van der Waals surface area contributed by atoms with E-state index in [2.05, 4.69) is 11.0 Å². The Morgan fingerprint density at radius 1 is 1.23 bits per heavy atom. The van der Waals surface area contributed by atoms with E-state index in [1.807, 2.05) is 24.3 Å². The molecular formula is C17H18N2O3. The maximum absolute atomic E-state index is 10.7. The van der Waals surface area contributed by atoms with Crippen molar-refractivity contribution in [3.05, 3.63) is 63.7 Å². The van der Waals surface area contributed by atoms with Gasteiger partial charge in [0.25, 0.3) is 5.69 Å². The smallest absolute Gasteiger partial charge is 0.269 e. The fourth-order valence-corrected chi connectivity index (χ4v) is 2.97. The van der Waals surface area contributed by atoms with E-state index in [4.69, 9.17) is 4.74 Å². The Morgan fingerprint density at radius 2 is 2.00 bits per heavy atom. The summed E-state index contributed by atoms with van der Waals surface area (Å²) in [5, 5.41) is 10.7. The molecule has 0 aliphatic carbocycles. The fraction of sp³-hybridized carbons (Fsp3) is 0.294. The van der Waals surface area contributed by atoms with E-state index in [1.54, 1.807) is 19.2 Å². The number of anilines is 1. The van der Waals surface area contributed by atoms with E-state index in [0.29, 0.717) is 0 Å². The van der Waals surface area contributed by atoms with Crippen LogP contribution >= 0.6 is 0 Å². The highest BCUT2D eigenvalue weighted by molar-refractivity contribution is 5.65. The lowest BCUT2D eigenvalue weighted by molar-refractivity contribution is -0.384. The second-order valence-electron chi connectivity index (χ2n) is 5.42. The van der Waals surface area contributed by atoms with Crippen molar-refractivity contribution in [1.82, 2.24) is 0 Å². The van der Waals surface area contributed by atoms with Crippen LogP contribution in [0.5, 0.6) is 5.75 Å². The van der Waals surface area contributed by atoms with Gasteiger partial charge in [-0.25, -0.2) is 0 Å². The molecule has 3 rings (SSSR count). The van der Waals surface area contributed by atoms with Gasteiger partial charge in [-0.05, 0) is 30.0 Å². The first-order chi connectivity index (χ1) is 10.7. The Bertz CT molecular complexity index is 669. The number of hydrogen-bond donors (Lipinski definition) is 0. The summed E-state index contributed by atoms with van der Waals surface area (Å²) >= 11 is 0. The van der Waals surface area contributed by atoms with Gasteiger partial charge in [-0.3, -0.25) is 10.1 Å². The predicted octanol–water partition coefficient (Wildman–Crippen LogP) is 3.56. The van der Waals surface area contributed by atoms with Crippen LogP contribution in [0.4, 0.5) is 11.4 Å². The molecule has 0 bridgehead atoms. The molecule has 22 heavy (non-hydrogen) atoms. The minimum Gasteiger partial charge on any atom is -0.495 e. The number of nitro groups is 1. The molecule has 0 unspecified atom stereocenters. The summed E-state index contributed by atoms with van der Waals surface area (Å²) in [4.78, 5) is 12.6. The highest BCUT2D eigenvalue weighted by Crippen LogP contribution is 2.36. The number of nitrogens with zero attached hydrogens (tertiary/aromatic N) is 2. The second kappa shape index (κ2) is 6.05. The van der Waals surface area contributed by atoms with Gasteiger partial charge in [0.05, 0.1) is 17.7 Å². The molecule has 2 aromatic rings. The third kappa shape index (κ3) is 2.74. The zero-order chi connectivity index (χ0) is 15.5. The summed E-state index contributed by atoms with van der Waals surface area (Å²) in [6.07, 6.45) is 2.16. The van der Waals surface area contributed by atoms with E-state index >= 15 is 0 Å². The first-order valence-electron chi connectivity index (χ1n) is 7.33. The molecule has 0 amide bonds. The van der Waals surface area contributed by atoms with Crippen molar-refractivity contribution in [3.8, 4) is 5.75 Å². The summed E-state index contributed by atoms with van der Waals surface area (Å²) in [6, 6.07) is 12.9. The van der Waals surface area contributed by atoms with Crippen LogP contribution < -0.4 is 9.64 Å². The number of para-hydroxylation sites is 1. The summed E-state index contributed by atoms with van der Waals surface area (Å²) in [7, 11) is 1.69. The van der Waals surface area contributed by atoms with Crippen molar-refractivity contribution in [2.24, 2.45) is 0 Å². The van der Waals surface area contributed by atoms with Crippen LogP contribution in [0.3, 0.4) is 0 Å². The average molecular weight is 298 g/mol. The average Bonchev–Trinajstić information content (AvgIpc) is 2.55. The van der Waals surface area contributed by atoms with Crippen molar-refractivity contribution < 1.29 is 9.66 Å². The first kappa shape index (κ1) is 14.4. The van der Waals surface area contributed by atoms with Gasteiger partial charge in [0.1, 0.15) is 5.75 Å². The maximum atomic E-state index is 10.7. The Balaban J connectivity index is 1.87. The largest absolute Gasteiger partial charge is 0.495 e. The molecule has 1 heterocycles. The second-order valence-corrected chi connectivity index (χ2v) is 5.42. The van der Waals surface area contributed by atoms with Crippen LogP contribution in [0.25, 0.3) is 0 Å². The fourth-order valence-electron chi connectivity index (χ4n) is 2.97. The number of benzene rings is 2. The monoisotopic (exact) mass is 298 g/mol. The molecule has 5 nitrogen and oxygen atoms in total. The van der Waals surface area contributed by atoms with Crippen LogP contribution in [0.15, 0.2) is 42.5 Å². The lowest BCUT2D eigenvalue weighted by Gasteiger charge is -2.32. The van der Waals surface area contributed by atoms with Crippen molar-refractivity contribution in [2.45, 2.75) is 19.4 Å². The third-order valence-electron chi connectivity index (χ3n) is 4.01. The van der Waals surface area contributed by atoms with Crippen LogP contribution in [0, 0.1) is 10.1 Å². The highest BCUT2D eigenvalue weighted by Gasteiger charge is 2.21. The number of nitro benzene ring substituents is 1. The minimum atomic E-state index is -0.372. The van der Waals surface area contributed by atoms with Crippen LogP contribution in [0.2, 0.25) is 0 Å². The SMILES string of the molecule is COc1cccc2c1N(Cc1ccc([N+](=O)[O-])cc1)CCC2. The standard InChI is InChI=1S/C17H18N2O3/c1-22-16-6-2-4-14-5-3-11-18(17(14)16)12-13-7-9-15(10-8-13)19(20)21/h2,4,6-10H,3,5,11-12H2,1H3. The molecule has 1 aliphatic heterocycles.